The van der Waals surface area contributed by atoms with Gasteiger partial charge in [-0.3, -0.25) is 4.79 Å². The van der Waals surface area contributed by atoms with E-state index in [4.69, 9.17) is 4.74 Å². The Labute approximate surface area is 169 Å². The summed E-state index contributed by atoms with van der Waals surface area (Å²) in [4.78, 5) is 10.3. The lowest BCUT2D eigenvalue weighted by atomic mass is 9.80. The molecule has 0 aliphatic heterocycles. The minimum Gasteiger partial charge on any atom is -0.426 e. The normalized spacial score (nSPS) is 22.6. The predicted octanol–water partition coefficient (Wildman–Crippen LogP) is 8.81. The summed E-state index contributed by atoms with van der Waals surface area (Å²) in [5.74, 6) is -0.314. The molecule has 1 saturated carbocycles. The number of carbonyl (C=O) groups is 1. The zero-order chi connectivity index (χ0) is 21.6. The van der Waals surface area contributed by atoms with E-state index in [0.29, 0.717) is 18.8 Å². The highest BCUT2D eigenvalue weighted by Gasteiger charge is 2.65. The van der Waals surface area contributed by atoms with Gasteiger partial charge in [-0.2, -0.15) is 0 Å². The maximum Gasteiger partial charge on any atom is 0.314 e. The largest absolute Gasteiger partial charge is 0.426 e. The Morgan fingerprint density at radius 1 is 0.897 bits per heavy atom. The van der Waals surface area contributed by atoms with E-state index in [1.807, 2.05) is 0 Å². The van der Waals surface area contributed by atoms with Gasteiger partial charge in [0.05, 0.1) is 5.92 Å². The molecule has 0 N–H and O–H groups in total. The van der Waals surface area contributed by atoms with E-state index < -0.39 is 21.1 Å². The number of rotatable bonds is 10. The van der Waals surface area contributed by atoms with Gasteiger partial charge < -0.3 is 4.74 Å². The average molecular weight is 443 g/mol. The van der Waals surface area contributed by atoms with Crippen LogP contribution in [0, 0.1) is 11.8 Å². The summed E-state index contributed by atoms with van der Waals surface area (Å²) >= 11 is 0. The zero-order valence-electron chi connectivity index (χ0n) is 16.9. The molecule has 0 bridgehead atoms. The molecule has 0 amide bonds. The fourth-order valence-electron chi connectivity index (χ4n) is 3.86. The summed E-state index contributed by atoms with van der Waals surface area (Å²) < 4.78 is 68.8. The van der Waals surface area contributed by atoms with Crippen molar-refractivity contribution in [2.45, 2.75) is 82.4 Å². The fraction of sp³-hybridized carbons (Fsp3) is 0.667. The Kier molecular flexibility index (Phi) is 7.29. The molecule has 0 aromatic heterocycles. The van der Waals surface area contributed by atoms with Gasteiger partial charge in [0, 0.05) is 0 Å². The van der Waals surface area contributed by atoms with Crippen LogP contribution in [0.25, 0.3) is 0 Å². The highest BCUT2D eigenvalue weighted by atomic mass is 32.5. The number of hydrogen-bond acceptors (Lipinski definition) is 2. The van der Waals surface area contributed by atoms with E-state index >= 15 is 0 Å². The summed E-state index contributed by atoms with van der Waals surface area (Å²) in [7, 11) is -9.71. The number of unbranched alkanes of at least 4 members (excludes halogenated alkanes) is 5. The van der Waals surface area contributed by atoms with Crippen molar-refractivity contribution in [3.63, 3.8) is 0 Å². The van der Waals surface area contributed by atoms with Gasteiger partial charge in [0.25, 0.3) is 0 Å². The molecule has 2 rings (SSSR count). The Bertz CT molecular complexity index is 665. The van der Waals surface area contributed by atoms with Crippen molar-refractivity contribution < 1.29 is 29.0 Å². The summed E-state index contributed by atoms with van der Waals surface area (Å²) in [6.45, 7) is 2.20. The van der Waals surface area contributed by atoms with Gasteiger partial charge in [-0.25, -0.2) is 0 Å². The lowest BCUT2D eigenvalue weighted by Gasteiger charge is -2.40. The lowest BCUT2D eigenvalue weighted by molar-refractivity contribution is -0.140. The van der Waals surface area contributed by atoms with Crippen LogP contribution in [-0.2, 0) is 4.79 Å². The maximum absolute atomic E-state index is 12.7. The second kappa shape index (κ2) is 8.82. The van der Waals surface area contributed by atoms with Gasteiger partial charge in [0.15, 0.2) is 0 Å². The van der Waals surface area contributed by atoms with Crippen LogP contribution in [0.1, 0.15) is 77.6 Å². The third-order valence-corrected chi connectivity index (χ3v) is 6.80. The molecule has 29 heavy (non-hydrogen) atoms. The molecule has 8 heteroatoms. The van der Waals surface area contributed by atoms with Gasteiger partial charge in [-0.1, -0.05) is 71.3 Å². The second-order valence-electron chi connectivity index (χ2n) is 8.14. The predicted molar refractivity (Wildman–Crippen MR) is 107 cm³/mol. The van der Waals surface area contributed by atoms with Crippen molar-refractivity contribution in [2.75, 3.05) is 0 Å². The zero-order valence-corrected chi connectivity index (χ0v) is 17.7. The Morgan fingerprint density at radius 3 is 2.00 bits per heavy atom. The standard InChI is InChI=1S/C21H31F5O2S/c1-2-3-4-5-6-7-8-17-9-11-18(12-10-17)21(27)28-19-13-15-20(16-14-19)29(22,23,24,25)26/h13-18H,2-12H2,1H3/t17-,18-. The van der Waals surface area contributed by atoms with Crippen LogP contribution >= 0.6 is 10.2 Å². The molecule has 0 radical (unpaired) electrons. The third-order valence-electron chi connectivity index (χ3n) is 5.63. The molecule has 0 atom stereocenters. The first kappa shape index (κ1) is 24.0. The van der Waals surface area contributed by atoms with Crippen LogP contribution in [0.4, 0.5) is 19.4 Å². The second-order valence-corrected chi connectivity index (χ2v) is 10.5. The minimum atomic E-state index is -9.71. The molecule has 2 nitrogen and oxygen atoms in total. The van der Waals surface area contributed by atoms with Gasteiger partial charge in [0.1, 0.15) is 10.6 Å². The number of hydrogen-bond donors (Lipinski definition) is 0. The molecular formula is C21H31F5O2S. The molecule has 0 unspecified atom stereocenters. The minimum absolute atomic E-state index is 0.144. The molecule has 0 heterocycles. The summed E-state index contributed by atoms with van der Waals surface area (Å²) in [5.41, 5.74) is 0. The van der Waals surface area contributed by atoms with Crippen molar-refractivity contribution >= 4 is 16.2 Å². The SMILES string of the molecule is CCCCCCCC[C@H]1CC[C@H](C(=O)Oc2ccc(S(F)(F)(F)(F)F)cc2)CC1. The van der Waals surface area contributed by atoms with Gasteiger partial charge >= 0.3 is 16.2 Å². The molecule has 168 valence electrons. The highest BCUT2D eigenvalue weighted by molar-refractivity contribution is 8.45. The van der Waals surface area contributed by atoms with Gasteiger partial charge in [-0.15, -0.1) is 0 Å². The highest BCUT2D eigenvalue weighted by Crippen LogP contribution is 3.02. The van der Waals surface area contributed by atoms with Crippen molar-refractivity contribution in [2.24, 2.45) is 11.8 Å². The molecule has 1 aromatic rings. The van der Waals surface area contributed by atoms with Crippen LogP contribution in [0.3, 0.4) is 0 Å². The Hall–Kier alpha value is -1.31. The third kappa shape index (κ3) is 8.15. The van der Waals surface area contributed by atoms with E-state index in [2.05, 4.69) is 6.92 Å². The van der Waals surface area contributed by atoms with Gasteiger partial charge in [-0.05, 0) is 55.9 Å². The van der Waals surface area contributed by atoms with Crippen LogP contribution in [0.5, 0.6) is 5.75 Å². The van der Waals surface area contributed by atoms with Crippen molar-refractivity contribution in [1.82, 2.24) is 0 Å². The van der Waals surface area contributed by atoms with E-state index in [9.17, 15) is 24.2 Å². The van der Waals surface area contributed by atoms with E-state index in [1.54, 1.807) is 0 Å². The Balaban J connectivity index is 1.75. The van der Waals surface area contributed by atoms with Crippen molar-refractivity contribution in [3.05, 3.63) is 24.3 Å². The van der Waals surface area contributed by atoms with Crippen molar-refractivity contribution in [1.29, 1.82) is 0 Å². The average Bonchev–Trinajstić information content (AvgIpc) is 2.63. The van der Waals surface area contributed by atoms with E-state index in [1.165, 1.54) is 44.9 Å². The lowest BCUT2D eigenvalue weighted by Crippen LogP contribution is -2.25. The van der Waals surface area contributed by atoms with Crippen molar-refractivity contribution in [3.8, 4) is 5.75 Å². The number of benzene rings is 1. The molecule has 1 aliphatic rings. The first-order valence-electron chi connectivity index (χ1n) is 10.4. The first-order valence-corrected chi connectivity index (χ1v) is 12.4. The van der Waals surface area contributed by atoms with Crippen LogP contribution < -0.4 is 4.74 Å². The van der Waals surface area contributed by atoms with E-state index in [-0.39, 0.29) is 23.8 Å². The number of carbonyl (C=O) groups excluding carboxylic acids is 1. The first-order chi connectivity index (χ1) is 13.4. The monoisotopic (exact) mass is 442 g/mol. The molecule has 0 spiro atoms. The Morgan fingerprint density at radius 2 is 1.45 bits per heavy atom. The molecule has 1 aromatic carbocycles. The maximum atomic E-state index is 12.7. The smallest absolute Gasteiger partial charge is 0.314 e. The van der Waals surface area contributed by atoms with Crippen LogP contribution in [0.15, 0.2) is 29.2 Å². The fourth-order valence-corrected chi connectivity index (χ4v) is 4.51. The summed E-state index contributed by atoms with van der Waals surface area (Å²) in [6, 6.07) is 2.08. The molecule has 1 aliphatic carbocycles. The number of ether oxygens (including phenoxy) is 1. The number of esters is 1. The number of halogens is 5. The van der Waals surface area contributed by atoms with Crippen LogP contribution in [-0.4, -0.2) is 5.97 Å². The van der Waals surface area contributed by atoms with Gasteiger partial charge in [0.2, 0.25) is 0 Å². The topological polar surface area (TPSA) is 26.3 Å². The molecule has 1 fully saturated rings. The summed E-state index contributed by atoms with van der Waals surface area (Å²) in [5, 5.41) is 0. The van der Waals surface area contributed by atoms with E-state index in [0.717, 1.165) is 25.0 Å². The molecule has 0 saturated heterocycles. The molecular weight excluding hydrogens is 411 g/mol. The summed E-state index contributed by atoms with van der Waals surface area (Å²) in [6.07, 6.45) is 12.0. The van der Waals surface area contributed by atoms with Crippen LogP contribution in [0.2, 0.25) is 0 Å². The quantitative estimate of drug-likeness (QED) is 0.157.